The molecule has 3 aromatic rings. The number of para-hydroxylation sites is 1. The number of benzene rings is 3. The van der Waals surface area contributed by atoms with Gasteiger partial charge in [-0.15, -0.1) is 0 Å². The van der Waals surface area contributed by atoms with Crippen LogP contribution in [0.25, 0.3) is 0 Å². The summed E-state index contributed by atoms with van der Waals surface area (Å²) in [5.41, 5.74) is 1.33. The van der Waals surface area contributed by atoms with Crippen molar-refractivity contribution in [2.75, 3.05) is 11.9 Å². The third kappa shape index (κ3) is 6.93. The number of halogens is 1. The molecule has 172 valence electrons. The second kappa shape index (κ2) is 11.7. The number of amides is 1. The molecule has 7 nitrogen and oxygen atoms in total. The van der Waals surface area contributed by atoms with Gasteiger partial charge in [-0.25, -0.2) is 4.79 Å². The molecule has 2 atom stereocenters. The molecule has 0 unspecified atom stereocenters. The molecule has 3 N–H and O–H groups in total. The highest BCUT2D eigenvalue weighted by Gasteiger charge is 2.31. The molecule has 0 saturated carbocycles. The van der Waals surface area contributed by atoms with Gasteiger partial charge < -0.3 is 19.7 Å². The van der Waals surface area contributed by atoms with Crippen molar-refractivity contribution in [3.05, 3.63) is 87.5 Å². The van der Waals surface area contributed by atoms with Gasteiger partial charge in [-0.05, 0) is 84.1 Å². The molecule has 0 saturated heterocycles. The monoisotopic (exact) mass is 561 g/mol. The summed E-state index contributed by atoms with van der Waals surface area (Å²) in [6.45, 7) is 1.25. The number of aliphatic hydroxyl groups excluding tert-OH is 1. The Bertz CT molecular complexity index is 1090. The number of phenols is 1. The zero-order valence-electron chi connectivity index (χ0n) is 17.9. The van der Waals surface area contributed by atoms with Crippen LogP contribution in [-0.4, -0.2) is 34.8 Å². The quantitative estimate of drug-likeness (QED) is 0.241. The normalized spacial score (nSPS) is 12.5. The maximum atomic E-state index is 12.8. The predicted octanol–water partition coefficient (Wildman–Crippen LogP) is 5.32. The van der Waals surface area contributed by atoms with Crippen LogP contribution in [0.4, 0.5) is 10.5 Å². The van der Waals surface area contributed by atoms with Crippen LogP contribution in [0.3, 0.4) is 0 Å². The molecule has 33 heavy (non-hydrogen) atoms. The SMILES string of the molecule is CC(=O)c1ccc(NC(=O)O[C@@H](c2cc(I)ccc2O)[C@H](CCO)Oc2ccccc2)cc1. The molecule has 0 spiro atoms. The van der Waals surface area contributed by atoms with Gasteiger partial charge in [0.25, 0.3) is 0 Å². The summed E-state index contributed by atoms with van der Waals surface area (Å²) in [7, 11) is 0. The highest BCUT2D eigenvalue weighted by molar-refractivity contribution is 14.1. The first-order valence-corrected chi connectivity index (χ1v) is 11.3. The van der Waals surface area contributed by atoms with E-state index in [1.165, 1.54) is 13.0 Å². The van der Waals surface area contributed by atoms with E-state index < -0.39 is 18.3 Å². The van der Waals surface area contributed by atoms with E-state index in [4.69, 9.17) is 9.47 Å². The smallest absolute Gasteiger partial charge is 0.412 e. The molecule has 3 rings (SSSR count). The molecule has 0 aliphatic carbocycles. The standard InChI is InChI=1S/C25H24INO6/c1-16(29)17-7-10-19(11-8-17)27-25(31)33-24(21-15-18(26)9-12-22(21)30)23(13-14-28)32-20-5-3-2-4-6-20/h2-12,15,23-24,28,30H,13-14H2,1H3,(H,27,31)/t23-,24-/m0/s1. The van der Waals surface area contributed by atoms with E-state index in [9.17, 15) is 19.8 Å². The summed E-state index contributed by atoms with van der Waals surface area (Å²) in [6, 6.07) is 20.3. The number of nitrogens with one attached hydrogen (secondary N) is 1. The highest BCUT2D eigenvalue weighted by atomic mass is 127. The van der Waals surface area contributed by atoms with Crippen molar-refractivity contribution < 1.29 is 29.3 Å². The number of phenolic OH excluding ortho intramolecular Hbond substituents is 1. The van der Waals surface area contributed by atoms with Crippen LogP contribution in [-0.2, 0) is 4.74 Å². The third-order valence-corrected chi connectivity index (χ3v) is 5.52. The maximum Gasteiger partial charge on any atom is 0.412 e. The number of hydrogen-bond donors (Lipinski definition) is 3. The van der Waals surface area contributed by atoms with E-state index in [1.807, 2.05) is 18.2 Å². The predicted molar refractivity (Wildman–Crippen MR) is 133 cm³/mol. The largest absolute Gasteiger partial charge is 0.508 e. The lowest BCUT2D eigenvalue weighted by atomic mass is 10.0. The Kier molecular flexibility index (Phi) is 8.67. The second-order valence-electron chi connectivity index (χ2n) is 7.27. The third-order valence-electron chi connectivity index (χ3n) is 4.85. The molecule has 0 aliphatic rings. The molecule has 8 heteroatoms. The lowest BCUT2D eigenvalue weighted by molar-refractivity contribution is 0.00796. The van der Waals surface area contributed by atoms with Crippen molar-refractivity contribution in [3.8, 4) is 11.5 Å². The first-order chi connectivity index (χ1) is 15.9. The minimum absolute atomic E-state index is 0.0568. The minimum atomic E-state index is -1.01. The number of aliphatic hydroxyl groups is 1. The van der Waals surface area contributed by atoms with E-state index in [-0.39, 0.29) is 24.6 Å². The number of carbonyl (C=O) groups excluding carboxylic acids is 2. The molecule has 0 bridgehead atoms. The zero-order valence-corrected chi connectivity index (χ0v) is 20.1. The maximum absolute atomic E-state index is 12.8. The van der Waals surface area contributed by atoms with Gasteiger partial charge in [-0.3, -0.25) is 10.1 Å². The van der Waals surface area contributed by atoms with Crippen LogP contribution in [0.1, 0.15) is 35.4 Å². The molecule has 3 aromatic carbocycles. The number of hydrogen-bond acceptors (Lipinski definition) is 6. The van der Waals surface area contributed by atoms with E-state index in [1.54, 1.807) is 48.5 Å². The fraction of sp³-hybridized carbons (Fsp3) is 0.200. The van der Waals surface area contributed by atoms with Crippen LogP contribution < -0.4 is 10.1 Å². The van der Waals surface area contributed by atoms with E-state index in [0.717, 1.165) is 3.57 Å². The minimum Gasteiger partial charge on any atom is -0.508 e. The van der Waals surface area contributed by atoms with Crippen LogP contribution in [0, 0.1) is 3.57 Å². The Morgan fingerprint density at radius 2 is 1.73 bits per heavy atom. The van der Waals surface area contributed by atoms with Gasteiger partial charge in [0.15, 0.2) is 11.9 Å². The number of aromatic hydroxyl groups is 1. The number of ether oxygens (including phenoxy) is 2. The van der Waals surface area contributed by atoms with Crippen molar-refractivity contribution in [3.63, 3.8) is 0 Å². The lowest BCUT2D eigenvalue weighted by Gasteiger charge is -2.28. The van der Waals surface area contributed by atoms with Gasteiger partial charge in [-0.1, -0.05) is 18.2 Å². The van der Waals surface area contributed by atoms with E-state index in [0.29, 0.717) is 22.6 Å². The topological polar surface area (TPSA) is 105 Å². The number of ketones is 1. The van der Waals surface area contributed by atoms with Gasteiger partial charge in [0, 0.05) is 33.4 Å². The first-order valence-electron chi connectivity index (χ1n) is 10.3. The molecule has 0 heterocycles. The van der Waals surface area contributed by atoms with Gasteiger partial charge >= 0.3 is 6.09 Å². The summed E-state index contributed by atoms with van der Waals surface area (Å²) >= 11 is 2.10. The molecule has 0 aromatic heterocycles. The summed E-state index contributed by atoms with van der Waals surface area (Å²) in [6.07, 6.45) is -2.39. The first kappa shape index (κ1) is 24.5. The molecule has 0 aliphatic heterocycles. The number of anilines is 1. The molecule has 1 amide bonds. The van der Waals surface area contributed by atoms with Crippen LogP contribution in [0.2, 0.25) is 0 Å². The van der Waals surface area contributed by atoms with Gasteiger partial charge in [0.1, 0.15) is 17.6 Å². The summed E-state index contributed by atoms with van der Waals surface area (Å²) in [4.78, 5) is 24.2. The van der Waals surface area contributed by atoms with Crippen LogP contribution in [0.5, 0.6) is 11.5 Å². The molecular weight excluding hydrogens is 537 g/mol. The highest BCUT2D eigenvalue weighted by Crippen LogP contribution is 2.34. The Morgan fingerprint density at radius 1 is 1.03 bits per heavy atom. The van der Waals surface area contributed by atoms with E-state index in [2.05, 4.69) is 27.9 Å². The summed E-state index contributed by atoms with van der Waals surface area (Å²) in [5, 5.41) is 22.8. The Morgan fingerprint density at radius 3 is 2.36 bits per heavy atom. The van der Waals surface area contributed by atoms with Crippen molar-refractivity contribution >= 4 is 40.2 Å². The Hall–Kier alpha value is -3.11. The fourth-order valence-electron chi connectivity index (χ4n) is 3.22. The summed E-state index contributed by atoms with van der Waals surface area (Å²) < 4.78 is 12.6. The van der Waals surface area contributed by atoms with Gasteiger partial charge in [-0.2, -0.15) is 0 Å². The van der Waals surface area contributed by atoms with Crippen LogP contribution >= 0.6 is 22.6 Å². The van der Waals surface area contributed by atoms with Crippen molar-refractivity contribution in [2.24, 2.45) is 0 Å². The summed E-state index contributed by atoms with van der Waals surface area (Å²) in [5.74, 6) is 0.400. The lowest BCUT2D eigenvalue weighted by Crippen LogP contribution is -2.32. The Balaban J connectivity index is 1.87. The number of Topliss-reactive ketones (excluding diaryl/α,β-unsaturated/α-hetero) is 1. The molecule has 0 radical (unpaired) electrons. The molecule has 0 fully saturated rings. The Labute approximate surface area is 205 Å². The second-order valence-corrected chi connectivity index (χ2v) is 8.51. The fourth-order valence-corrected chi connectivity index (χ4v) is 3.73. The van der Waals surface area contributed by atoms with Crippen molar-refractivity contribution in [1.82, 2.24) is 0 Å². The average molecular weight is 561 g/mol. The van der Waals surface area contributed by atoms with Crippen molar-refractivity contribution in [1.29, 1.82) is 0 Å². The van der Waals surface area contributed by atoms with Gasteiger partial charge in [0.05, 0.1) is 0 Å². The van der Waals surface area contributed by atoms with E-state index >= 15 is 0 Å². The molecular formula is C25H24INO6. The van der Waals surface area contributed by atoms with Crippen LogP contribution in [0.15, 0.2) is 72.8 Å². The zero-order chi connectivity index (χ0) is 23.8. The average Bonchev–Trinajstić information content (AvgIpc) is 2.80. The number of carbonyl (C=O) groups is 2. The van der Waals surface area contributed by atoms with Gasteiger partial charge in [0.2, 0.25) is 0 Å². The number of rotatable bonds is 9. The van der Waals surface area contributed by atoms with Crippen molar-refractivity contribution in [2.45, 2.75) is 25.6 Å².